The van der Waals surface area contributed by atoms with Crippen LogP contribution in [-0.2, 0) is 9.53 Å². The summed E-state index contributed by atoms with van der Waals surface area (Å²) in [4.78, 5) is 28.1. The minimum atomic E-state index is -0.540. The molecule has 1 aliphatic heterocycles. The molecular weight excluding hydrogens is 336 g/mol. The van der Waals surface area contributed by atoms with Crippen molar-refractivity contribution in [2.75, 3.05) is 44.8 Å². The van der Waals surface area contributed by atoms with E-state index in [4.69, 9.17) is 13.9 Å². The van der Waals surface area contributed by atoms with E-state index in [2.05, 4.69) is 4.90 Å². The average molecular weight is 358 g/mol. The summed E-state index contributed by atoms with van der Waals surface area (Å²) in [5.74, 6) is 0.572. The first kappa shape index (κ1) is 17.8. The van der Waals surface area contributed by atoms with Gasteiger partial charge in [-0.15, -0.1) is 0 Å². The second-order valence-corrected chi connectivity index (χ2v) is 6.03. The Morgan fingerprint density at radius 1 is 1.08 bits per heavy atom. The fourth-order valence-electron chi connectivity index (χ4n) is 2.90. The number of amides is 1. The third kappa shape index (κ3) is 3.99. The maximum Gasteiger partial charge on any atom is 0.342 e. The van der Waals surface area contributed by atoms with Crippen molar-refractivity contribution in [1.29, 1.82) is 0 Å². The molecular formula is C19H22N2O5. The SMILES string of the molecule is COc1ccc(N2CCN(C(=O)COC(=O)c3ccoc3C)CC2)cc1. The van der Waals surface area contributed by atoms with Crippen LogP contribution >= 0.6 is 0 Å². The molecule has 0 N–H and O–H groups in total. The molecule has 1 fully saturated rings. The van der Waals surface area contributed by atoms with E-state index in [1.165, 1.54) is 12.3 Å². The molecule has 1 aromatic carbocycles. The van der Waals surface area contributed by atoms with Crippen LogP contribution in [0.25, 0.3) is 0 Å². The lowest BCUT2D eigenvalue weighted by atomic mass is 10.2. The number of piperazine rings is 1. The van der Waals surface area contributed by atoms with Crippen molar-refractivity contribution in [3.63, 3.8) is 0 Å². The van der Waals surface area contributed by atoms with Gasteiger partial charge in [0.05, 0.1) is 13.4 Å². The van der Waals surface area contributed by atoms with Crippen molar-refractivity contribution < 1.29 is 23.5 Å². The second kappa shape index (κ2) is 7.95. The number of hydrogen-bond acceptors (Lipinski definition) is 6. The van der Waals surface area contributed by atoms with Gasteiger partial charge in [-0.1, -0.05) is 0 Å². The molecule has 2 aromatic rings. The minimum absolute atomic E-state index is 0.186. The fourth-order valence-corrected chi connectivity index (χ4v) is 2.90. The molecule has 7 heteroatoms. The zero-order valence-corrected chi connectivity index (χ0v) is 14.9. The highest BCUT2D eigenvalue weighted by Crippen LogP contribution is 2.20. The van der Waals surface area contributed by atoms with E-state index in [0.717, 1.165) is 24.5 Å². The Balaban J connectivity index is 1.47. The Labute approximate surface area is 152 Å². The number of methoxy groups -OCH3 is 1. The van der Waals surface area contributed by atoms with Gasteiger partial charge < -0.3 is 23.7 Å². The second-order valence-electron chi connectivity index (χ2n) is 6.03. The molecule has 138 valence electrons. The van der Waals surface area contributed by atoms with Crippen LogP contribution in [0.5, 0.6) is 5.75 Å². The first-order valence-electron chi connectivity index (χ1n) is 8.46. The number of rotatable bonds is 5. The molecule has 1 saturated heterocycles. The maximum absolute atomic E-state index is 12.3. The number of carbonyl (C=O) groups excluding carboxylic acids is 2. The number of nitrogens with zero attached hydrogens (tertiary/aromatic N) is 2. The van der Waals surface area contributed by atoms with Crippen LogP contribution in [0.1, 0.15) is 16.1 Å². The van der Waals surface area contributed by atoms with Crippen LogP contribution in [0.3, 0.4) is 0 Å². The summed E-state index contributed by atoms with van der Waals surface area (Å²) in [6.07, 6.45) is 1.42. The van der Waals surface area contributed by atoms with Crippen LogP contribution in [0.2, 0.25) is 0 Å². The Kier molecular flexibility index (Phi) is 5.46. The van der Waals surface area contributed by atoms with Crippen molar-refractivity contribution in [3.8, 4) is 5.75 Å². The number of esters is 1. The predicted octanol–water partition coefficient (Wildman–Crippen LogP) is 2.10. The summed E-state index contributed by atoms with van der Waals surface area (Å²) in [7, 11) is 1.64. The molecule has 0 spiro atoms. The van der Waals surface area contributed by atoms with Crippen LogP contribution in [0.15, 0.2) is 41.0 Å². The highest BCUT2D eigenvalue weighted by Gasteiger charge is 2.23. The molecule has 1 aromatic heterocycles. The Morgan fingerprint density at radius 3 is 2.35 bits per heavy atom. The normalized spacial score (nSPS) is 14.2. The highest BCUT2D eigenvalue weighted by atomic mass is 16.5. The summed E-state index contributed by atoms with van der Waals surface area (Å²) in [5, 5.41) is 0. The molecule has 0 unspecified atom stereocenters. The van der Waals surface area contributed by atoms with Gasteiger partial charge >= 0.3 is 5.97 Å². The molecule has 0 saturated carbocycles. The Bertz CT molecular complexity index is 760. The first-order chi connectivity index (χ1) is 12.6. The number of anilines is 1. The molecule has 0 atom stereocenters. The van der Waals surface area contributed by atoms with Gasteiger partial charge in [0.25, 0.3) is 5.91 Å². The zero-order valence-electron chi connectivity index (χ0n) is 14.9. The molecule has 2 heterocycles. The molecule has 1 aliphatic rings. The van der Waals surface area contributed by atoms with Gasteiger partial charge in [-0.2, -0.15) is 0 Å². The lowest BCUT2D eigenvalue weighted by Crippen LogP contribution is -2.49. The topological polar surface area (TPSA) is 72.2 Å². The third-order valence-electron chi connectivity index (χ3n) is 4.48. The molecule has 1 amide bonds. The van der Waals surface area contributed by atoms with Crippen LogP contribution in [0.4, 0.5) is 5.69 Å². The van der Waals surface area contributed by atoms with E-state index in [1.807, 2.05) is 24.3 Å². The zero-order chi connectivity index (χ0) is 18.5. The Hall–Kier alpha value is -2.96. The lowest BCUT2D eigenvalue weighted by molar-refractivity contribution is -0.134. The van der Waals surface area contributed by atoms with E-state index in [0.29, 0.717) is 24.4 Å². The Morgan fingerprint density at radius 2 is 1.77 bits per heavy atom. The van der Waals surface area contributed by atoms with Gasteiger partial charge in [0.2, 0.25) is 0 Å². The smallest absolute Gasteiger partial charge is 0.342 e. The van der Waals surface area contributed by atoms with Gasteiger partial charge in [-0.3, -0.25) is 4.79 Å². The van der Waals surface area contributed by atoms with Crippen molar-refractivity contribution in [3.05, 3.63) is 47.9 Å². The van der Waals surface area contributed by atoms with Crippen LogP contribution < -0.4 is 9.64 Å². The third-order valence-corrected chi connectivity index (χ3v) is 4.48. The number of furan rings is 1. The average Bonchev–Trinajstić information content (AvgIpc) is 3.12. The lowest BCUT2D eigenvalue weighted by Gasteiger charge is -2.36. The predicted molar refractivity (Wildman–Crippen MR) is 95.5 cm³/mol. The molecule has 0 radical (unpaired) electrons. The molecule has 26 heavy (non-hydrogen) atoms. The number of benzene rings is 1. The molecule has 3 rings (SSSR count). The summed E-state index contributed by atoms with van der Waals surface area (Å²) in [5.41, 5.74) is 1.45. The van der Waals surface area contributed by atoms with Gasteiger partial charge in [-0.25, -0.2) is 4.79 Å². The van der Waals surface area contributed by atoms with Gasteiger partial charge in [0.15, 0.2) is 6.61 Å². The summed E-state index contributed by atoms with van der Waals surface area (Å²) < 4.78 is 15.3. The summed E-state index contributed by atoms with van der Waals surface area (Å²) >= 11 is 0. The number of ether oxygens (including phenoxy) is 2. The first-order valence-corrected chi connectivity index (χ1v) is 8.46. The van der Waals surface area contributed by atoms with Crippen LogP contribution in [-0.4, -0.2) is 56.7 Å². The van der Waals surface area contributed by atoms with E-state index in [-0.39, 0.29) is 12.5 Å². The number of hydrogen-bond donors (Lipinski definition) is 0. The monoisotopic (exact) mass is 358 g/mol. The standard InChI is InChI=1S/C19H22N2O5/c1-14-17(7-12-25-14)19(23)26-13-18(22)21-10-8-20(9-11-21)15-3-5-16(24-2)6-4-15/h3-7,12H,8-11,13H2,1-2H3. The van der Waals surface area contributed by atoms with E-state index < -0.39 is 5.97 Å². The maximum atomic E-state index is 12.3. The summed E-state index contributed by atoms with van der Waals surface area (Å²) in [6, 6.07) is 9.39. The largest absolute Gasteiger partial charge is 0.497 e. The minimum Gasteiger partial charge on any atom is -0.497 e. The van der Waals surface area contributed by atoms with Crippen molar-refractivity contribution in [2.45, 2.75) is 6.92 Å². The number of aryl methyl sites for hydroxylation is 1. The van der Waals surface area contributed by atoms with Gasteiger partial charge in [0.1, 0.15) is 17.1 Å². The quantitative estimate of drug-likeness (QED) is 0.762. The number of carbonyl (C=O) groups is 2. The van der Waals surface area contributed by atoms with Crippen LogP contribution in [0, 0.1) is 6.92 Å². The highest BCUT2D eigenvalue weighted by molar-refractivity contribution is 5.92. The van der Waals surface area contributed by atoms with E-state index >= 15 is 0 Å². The fraction of sp³-hybridized carbons (Fsp3) is 0.368. The van der Waals surface area contributed by atoms with Gasteiger partial charge in [0, 0.05) is 31.9 Å². The molecule has 7 nitrogen and oxygen atoms in total. The van der Waals surface area contributed by atoms with Crippen molar-refractivity contribution >= 4 is 17.6 Å². The van der Waals surface area contributed by atoms with Crippen molar-refractivity contribution in [2.24, 2.45) is 0 Å². The van der Waals surface area contributed by atoms with E-state index in [9.17, 15) is 9.59 Å². The molecule has 0 aliphatic carbocycles. The summed E-state index contributed by atoms with van der Waals surface area (Å²) in [6.45, 7) is 4.06. The molecule has 0 bridgehead atoms. The van der Waals surface area contributed by atoms with Gasteiger partial charge in [-0.05, 0) is 37.3 Å². The van der Waals surface area contributed by atoms with Crippen molar-refractivity contribution in [1.82, 2.24) is 4.90 Å². The van der Waals surface area contributed by atoms with E-state index in [1.54, 1.807) is 18.9 Å².